The van der Waals surface area contributed by atoms with Crippen molar-refractivity contribution in [3.05, 3.63) is 64.2 Å². The van der Waals surface area contributed by atoms with Gasteiger partial charge in [0.15, 0.2) is 34.7 Å². The van der Waals surface area contributed by atoms with Gasteiger partial charge < -0.3 is 21.3 Å². The molecule has 10 nitrogen and oxygen atoms in total. The van der Waals surface area contributed by atoms with E-state index >= 15 is 0 Å². The number of aliphatic hydroxyl groups is 1. The lowest BCUT2D eigenvalue weighted by Gasteiger charge is -2.52. The maximum absolute atomic E-state index is 13.9. The Morgan fingerprint density at radius 2 is 1.73 bits per heavy atom. The summed E-state index contributed by atoms with van der Waals surface area (Å²) in [6.07, 6.45) is 0.261. The minimum Gasteiger partial charge on any atom is -0.507 e. The number of aryl methyl sites for hydroxylation is 1. The zero-order valence-corrected chi connectivity index (χ0v) is 22.6. The van der Waals surface area contributed by atoms with Crippen LogP contribution in [-0.4, -0.2) is 69.9 Å². The molecule has 1 amide bonds. The fraction of sp³-hybridized carbons (Fsp3) is 0.433. The number of nitrogens with zero attached hydrogens (tertiary/aromatic N) is 1. The summed E-state index contributed by atoms with van der Waals surface area (Å²) in [6, 6.07) is 10.1. The van der Waals surface area contributed by atoms with E-state index in [2.05, 4.69) is 5.32 Å². The third-order valence-corrected chi connectivity index (χ3v) is 8.81. The van der Waals surface area contributed by atoms with Gasteiger partial charge in [-0.05, 0) is 62.5 Å². The fourth-order valence-corrected chi connectivity index (χ4v) is 6.88. The van der Waals surface area contributed by atoms with E-state index in [0.717, 1.165) is 16.7 Å². The molecule has 0 heterocycles. The van der Waals surface area contributed by atoms with Crippen LogP contribution in [0.4, 0.5) is 0 Å². The number of hydrogen-bond acceptors (Lipinski definition) is 9. The van der Waals surface area contributed by atoms with Gasteiger partial charge in [0.25, 0.3) is 0 Å². The molecule has 5 N–H and O–H groups in total. The number of phenolic OH excluding ortho intramolecular Hbond substituents is 1. The fourth-order valence-electron chi connectivity index (χ4n) is 6.88. The predicted molar refractivity (Wildman–Crippen MR) is 143 cm³/mol. The van der Waals surface area contributed by atoms with E-state index in [9.17, 15) is 34.2 Å². The highest BCUT2D eigenvalue weighted by Crippen LogP contribution is 2.51. The second-order valence-electron chi connectivity index (χ2n) is 11.5. The third kappa shape index (κ3) is 4.18. The molecule has 0 aliphatic heterocycles. The number of nitrogens with one attached hydrogen (secondary N) is 1. The number of rotatable bonds is 6. The van der Waals surface area contributed by atoms with E-state index in [1.165, 1.54) is 11.0 Å². The SMILES string of the molecule is Cc1ccc(CNCc2ccc(O)c3c2C[C@H]2C[C@H]4[C@H](N(C)C)C(=O)C(C(N)=O)C(=O)[C@@]4(O)C(=O)C2C3=O)cc1. The molecule has 0 radical (unpaired) electrons. The maximum atomic E-state index is 13.9. The van der Waals surface area contributed by atoms with Crippen molar-refractivity contribution in [1.29, 1.82) is 0 Å². The number of nitrogens with two attached hydrogens (primary N) is 1. The molecule has 5 rings (SSSR count). The van der Waals surface area contributed by atoms with Gasteiger partial charge in [-0.25, -0.2) is 0 Å². The van der Waals surface area contributed by atoms with Gasteiger partial charge in [0, 0.05) is 19.0 Å². The number of carbonyl (C=O) groups is 5. The molecule has 3 aliphatic rings. The van der Waals surface area contributed by atoms with E-state index in [4.69, 9.17) is 5.73 Å². The molecule has 0 saturated heterocycles. The topological polar surface area (TPSA) is 167 Å². The first-order valence-electron chi connectivity index (χ1n) is 13.3. The Labute approximate surface area is 231 Å². The Morgan fingerprint density at radius 3 is 2.35 bits per heavy atom. The van der Waals surface area contributed by atoms with Crippen LogP contribution in [0.1, 0.15) is 39.0 Å². The molecule has 2 unspecified atom stereocenters. The van der Waals surface area contributed by atoms with Crippen LogP contribution < -0.4 is 11.1 Å². The van der Waals surface area contributed by atoms with E-state index in [0.29, 0.717) is 18.7 Å². The van der Waals surface area contributed by atoms with E-state index in [-0.39, 0.29) is 24.2 Å². The highest BCUT2D eigenvalue weighted by Gasteiger charge is 2.69. The molecule has 0 aromatic heterocycles. The zero-order chi connectivity index (χ0) is 29.1. The van der Waals surface area contributed by atoms with E-state index in [1.807, 2.05) is 31.2 Å². The number of fused-ring (bicyclic) bond motifs is 3. The van der Waals surface area contributed by atoms with Crippen molar-refractivity contribution < 1.29 is 34.2 Å². The first-order chi connectivity index (χ1) is 18.9. The lowest BCUT2D eigenvalue weighted by Crippen LogP contribution is -2.74. The normalized spacial score (nSPS) is 29.7. The van der Waals surface area contributed by atoms with Gasteiger partial charge in [0.1, 0.15) is 5.75 Å². The minimum atomic E-state index is -2.72. The summed E-state index contributed by atoms with van der Waals surface area (Å²) < 4.78 is 0. The van der Waals surface area contributed by atoms with Crippen LogP contribution in [0.5, 0.6) is 5.75 Å². The predicted octanol–water partition coefficient (Wildman–Crippen LogP) is 0.465. The van der Waals surface area contributed by atoms with Crippen LogP contribution in [-0.2, 0) is 38.7 Å². The molecule has 2 fully saturated rings. The molecule has 6 atom stereocenters. The second-order valence-corrected chi connectivity index (χ2v) is 11.5. The van der Waals surface area contributed by atoms with Gasteiger partial charge in [0.05, 0.1) is 17.5 Å². The van der Waals surface area contributed by atoms with Gasteiger partial charge in [-0.15, -0.1) is 0 Å². The minimum absolute atomic E-state index is 0.00114. The number of aromatic hydroxyl groups is 1. The Balaban J connectivity index is 1.50. The highest BCUT2D eigenvalue weighted by atomic mass is 16.3. The Morgan fingerprint density at radius 1 is 1.05 bits per heavy atom. The largest absolute Gasteiger partial charge is 0.507 e. The summed E-state index contributed by atoms with van der Waals surface area (Å²) in [5.41, 5.74) is 6.26. The lowest BCUT2D eigenvalue weighted by molar-refractivity contribution is -0.181. The summed E-state index contributed by atoms with van der Waals surface area (Å²) in [4.78, 5) is 67.8. The van der Waals surface area contributed by atoms with Crippen molar-refractivity contribution in [3.8, 4) is 5.75 Å². The quantitative estimate of drug-likeness (QED) is 0.376. The van der Waals surface area contributed by atoms with Gasteiger partial charge in [-0.3, -0.25) is 28.9 Å². The Bertz CT molecular complexity index is 1430. The third-order valence-electron chi connectivity index (χ3n) is 8.81. The molecule has 10 heteroatoms. The molecule has 2 saturated carbocycles. The lowest BCUT2D eigenvalue weighted by atomic mass is 9.52. The van der Waals surface area contributed by atoms with E-state index < -0.39 is 64.4 Å². The standard InChI is InChI=1S/C30H33N3O7/c1-14-4-6-15(7-5-14)12-32-13-16-8-9-20(34)22-18(16)10-17-11-19-24(33(2)3)26(36)23(29(31)39)28(38)30(19,40)27(37)21(17)25(22)35/h4-9,17,19,21,23-24,32,34,40H,10-13H2,1-3H3,(H2,31,39)/t17-,19-,21?,23?,24-,30-/m0/s1. The van der Waals surface area contributed by atoms with Crippen LogP contribution in [0.25, 0.3) is 0 Å². The number of hydrogen-bond donors (Lipinski definition) is 4. The smallest absolute Gasteiger partial charge is 0.235 e. The first kappa shape index (κ1) is 27.8. The van der Waals surface area contributed by atoms with Crippen LogP contribution in [0.2, 0.25) is 0 Å². The van der Waals surface area contributed by atoms with Gasteiger partial charge in [-0.1, -0.05) is 35.9 Å². The van der Waals surface area contributed by atoms with Crippen molar-refractivity contribution in [2.75, 3.05) is 14.1 Å². The number of primary amides is 1. The Kier molecular flexibility index (Phi) is 6.98. The number of carbonyl (C=O) groups excluding carboxylic acids is 5. The molecule has 210 valence electrons. The molecule has 0 bridgehead atoms. The molecule has 3 aliphatic carbocycles. The van der Waals surface area contributed by atoms with Crippen LogP contribution in [0.3, 0.4) is 0 Å². The average Bonchev–Trinajstić information content (AvgIpc) is 2.88. The zero-order valence-electron chi connectivity index (χ0n) is 22.6. The van der Waals surface area contributed by atoms with E-state index in [1.54, 1.807) is 20.2 Å². The van der Waals surface area contributed by atoms with Crippen LogP contribution in [0, 0.1) is 30.6 Å². The maximum Gasteiger partial charge on any atom is 0.235 e. The van der Waals surface area contributed by atoms with Crippen molar-refractivity contribution in [2.24, 2.45) is 29.4 Å². The Hall–Kier alpha value is -3.73. The van der Waals surface area contributed by atoms with Gasteiger partial charge >= 0.3 is 0 Å². The van der Waals surface area contributed by atoms with Crippen molar-refractivity contribution in [1.82, 2.24) is 10.2 Å². The second kappa shape index (κ2) is 10.0. The number of phenols is 1. The molecule has 0 spiro atoms. The molecule has 2 aromatic carbocycles. The summed E-state index contributed by atoms with van der Waals surface area (Å²) in [6.45, 7) is 3.00. The van der Waals surface area contributed by atoms with Gasteiger partial charge in [-0.2, -0.15) is 0 Å². The first-order valence-corrected chi connectivity index (χ1v) is 13.3. The highest BCUT2D eigenvalue weighted by molar-refractivity contribution is 6.32. The monoisotopic (exact) mass is 547 g/mol. The average molecular weight is 548 g/mol. The number of benzene rings is 2. The van der Waals surface area contributed by atoms with Crippen LogP contribution >= 0.6 is 0 Å². The molecular formula is C30H33N3O7. The molecule has 2 aromatic rings. The summed E-state index contributed by atoms with van der Waals surface area (Å²) in [5.74, 6) is -10.4. The van der Waals surface area contributed by atoms with Crippen molar-refractivity contribution >= 4 is 29.0 Å². The summed E-state index contributed by atoms with van der Waals surface area (Å²) in [5, 5.41) is 25.7. The van der Waals surface area contributed by atoms with Crippen molar-refractivity contribution in [2.45, 2.75) is 44.5 Å². The molecular weight excluding hydrogens is 514 g/mol. The summed E-state index contributed by atoms with van der Waals surface area (Å²) in [7, 11) is 3.12. The number of amides is 1. The number of Topliss-reactive ketones (excluding diaryl/α,β-unsaturated/α-hetero) is 4. The number of likely N-dealkylation sites (N-methyl/N-ethyl adjacent to an activating group) is 1. The van der Waals surface area contributed by atoms with Crippen LogP contribution in [0.15, 0.2) is 36.4 Å². The summed E-state index contributed by atoms with van der Waals surface area (Å²) >= 11 is 0. The molecule has 40 heavy (non-hydrogen) atoms. The van der Waals surface area contributed by atoms with Crippen molar-refractivity contribution in [3.63, 3.8) is 0 Å². The van der Waals surface area contributed by atoms with Gasteiger partial charge in [0.2, 0.25) is 5.91 Å². The number of ketones is 4.